The number of nitrogens with zero attached hydrogens (tertiary/aromatic N) is 2. The number of aromatic amines is 1. The summed E-state index contributed by atoms with van der Waals surface area (Å²) in [5.74, 6) is 1.49. The molecule has 2 aromatic heterocycles. The van der Waals surface area contributed by atoms with E-state index in [0.717, 1.165) is 5.69 Å². The van der Waals surface area contributed by atoms with Crippen LogP contribution in [0.1, 0.15) is 0 Å². The topological polar surface area (TPSA) is 90.0 Å². The van der Waals surface area contributed by atoms with E-state index in [1.807, 2.05) is 12.1 Å². The first-order valence-electron chi connectivity index (χ1n) is 5.69. The number of nitrogens with two attached hydrogens (primary N) is 1. The minimum atomic E-state index is 0.390. The van der Waals surface area contributed by atoms with E-state index in [1.54, 1.807) is 31.5 Å². The van der Waals surface area contributed by atoms with Crippen LogP contribution in [0.4, 0.5) is 5.69 Å². The summed E-state index contributed by atoms with van der Waals surface area (Å²) in [6, 6.07) is 9.01. The fraction of sp³-hybridized carbons (Fsp3) is 0.0769. The minimum absolute atomic E-state index is 0.390. The number of aromatic nitrogens is 3. The lowest BCUT2D eigenvalue weighted by atomic mass is 10.2. The molecular weight excluding hydrogens is 244 g/mol. The van der Waals surface area contributed by atoms with Crippen LogP contribution in [0.5, 0.6) is 5.75 Å². The molecule has 0 radical (unpaired) electrons. The third-order valence-electron chi connectivity index (χ3n) is 2.72. The number of hydrogen-bond donors (Lipinski definition) is 2. The Morgan fingerprint density at radius 3 is 2.95 bits per heavy atom. The quantitative estimate of drug-likeness (QED) is 0.702. The maximum Gasteiger partial charge on any atom is 0.262 e. The highest BCUT2D eigenvalue weighted by Crippen LogP contribution is 2.31. The zero-order chi connectivity index (χ0) is 13.2. The van der Waals surface area contributed by atoms with Crippen molar-refractivity contribution in [2.75, 3.05) is 12.8 Å². The molecule has 96 valence electrons. The lowest BCUT2D eigenvalue weighted by Crippen LogP contribution is -1.91. The first-order chi connectivity index (χ1) is 9.28. The first-order valence-corrected chi connectivity index (χ1v) is 5.69. The molecule has 1 aromatic carbocycles. The SMILES string of the molecule is COc1cc(N)ccc1-c1nc(-c2ccc[nH]2)no1. The standard InChI is InChI=1S/C13H12N4O2/c1-18-11-7-8(14)4-5-9(11)13-16-12(17-19-13)10-3-2-6-15-10/h2-7,15H,14H2,1H3. The van der Waals surface area contributed by atoms with Gasteiger partial charge in [0.15, 0.2) is 0 Å². The van der Waals surface area contributed by atoms with E-state index in [0.29, 0.717) is 28.7 Å². The molecule has 6 nitrogen and oxygen atoms in total. The van der Waals surface area contributed by atoms with Gasteiger partial charge in [-0.25, -0.2) is 0 Å². The van der Waals surface area contributed by atoms with Crippen molar-refractivity contribution in [2.24, 2.45) is 0 Å². The predicted octanol–water partition coefficient (Wildman–Crippen LogP) is 2.32. The second-order valence-corrected chi connectivity index (χ2v) is 3.97. The summed E-state index contributed by atoms with van der Waals surface area (Å²) in [7, 11) is 1.57. The summed E-state index contributed by atoms with van der Waals surface area (Å²) in [5, 5.41) is 3.93. The molecule has 0 atom stereocenters. The number of nitrogens with one attached hydrogen (secondary N) is 1. The Morgan fingerprint density at radius 2 is 2.21 bits per heavy atom. The van der Waals surface area contributed by atoms with Crippen molar-refractivity contribution in [3.63, 3.8) is 0 Å². The van der Waals surface area contributed by atoms with Crippen molar-refractivity contribution < 1.29 is 9.26 Å². The van der Waals surface area contributed by atoms with Crippen LogP contribution in [0.2, 0.25) is 0 Å². The molecule has 3 N–H and O–H groups in total. The Bertz CT molecular complexity index is 688. The highest BCUT2D eigenvalue weighted by molar-refractivity contribution is 5.67. The molecule has 0 amide bonds. The van der Waals surface area contributed by atoms with Gasteiger partial charge in [0.1, 0.15) is 5.75 Å². The van der Waals surface area contributed by atoms with Crippen molar-refractivity contribution >= 4 is 5.69 Å². The number of anilines is 1. The van der Waals surface area contributed by atoms with Crippen LogP contribution in [0.15, 0.2) is 41.1 Å². The monoisotopic (exact) mass is 256 g/mol. The number of benzene rings is 1. The van der Waals surface area contributed by atoms with Crippen LogP contribution in [0.3, 0.4) is 0 Å². The van der Waals surface area contributed by atoms with Gasteiger partial charge < -0.3 is 20.0 Å². The van der Waals surface area contributed by atoms with Gasteiger partial charge in [-0.2, -0.15) is 4.98 Å². The van der Waals surface area contributed by atoms with E-state index in [9.17, 15) is 0 Å². The molecule has 0 aliphatic heterocycles. The molecule has 0 spiro atoms. The summed E-state index contributed by atoms with van der Waals surface area (Å²) in [6.45, 7) is 0. The largest absolute Gasteiger partial charge is 0.496 e. The predicted molar refractivity (Wildman–Crippen MR) is 70.5 cm³/mol. The van der Waals surface area contributed by atoms with Crippen molar-refractivity contribution in [3.05, 3.63) is 36.5 Å². The average Bonchev–Trinajstić information content (AvgIpc) is 3.09. The number of ether oxygens (including phenoxy) is 1. The Kier molecular flexibility index (Phi) is 2.68. The fourth-order valence-electron chi connectivity index (χ4n) is 1.80. The molecule has 19 heavy (non-hydrogen) atoms. The van der Waals surface area contributed by atoms with E-state index in [-0.39, 0.29) is 0 Å². The Labute approximate surface area is 109 Å². The minimum Gasteiger partial charge on any atom is -0.496 e. The molecule has 0 saturated heterocycles. The molecule has 0 bridgehead atoms. The van der Waals surface area contributed by atoms with Gasteiger partial charge in [0.05, 0.1) is 18.4 Å². The Morgan fingerprint density at radius 1 is 1.32 bits per heavy atom. The summed E-state index contributed by atoms with van der Waals surface area (Å²) in [6.07, 6.45) is 1.80. The second-order valence-electron chi connectivity index (χ2n) is 3.97. The summed E-state index contributed by atoms with van der Waals surface area (Å²) in [5.41, 5.74) is 7.83. The molecule has 0 aliphatic carbocycles. The van der Waals surface area contributed by atoms with E-state index >= 15 is 0 Å². The molecule has 3 rings (SSSR count). The maximum atomic E-state index is 5.71. The number of nitrogen functional groups attached to an aromatic ring is 1. The highest BCUT2D eigenvalue weighted by Gasteiger charge is 2.15. The van der Waals surface area contributed by atoms with Crippen molar-refractivity contribution in [1.29, 1.82) is 0 Å². The molecule has 0 aliphatic rings. The van der Waals surface area contributed by atoms with Crippen LogP contribution < -0.4 is 10.5 Å². The van der Waals surface area contributed by atoms with Crippen LogP contribution >= 0.6 is 0 Å². The molecule has 6 heteroatoms. The third-order valence-corrected chi connectivity index (χ3v) is 2.72. The van der Waals surface area contributed by atoms with Gasteiger partial charge in [0.25, 0.3) is 5.89 Å². The van der Waals surface area contributed by atoms with E-state index < -0.39 is 0 Å². The van der Waals surface area contributed by atoms with Gasteiger partial charge in [-0.1, -0.05) is 5.16 Å². The van der Waals surface area contributed by atoms with Crippen molar-refractivity contribution in [3.8, 4) is 28.7 Å². The second kappa shape index (κ2) is 4.49. The molecule has 0 fully saturated rings. The lowest BCUT2D eigenvalue weighted by molar-refractivity contribution is 0.405. The smallest absolute Gasteiger partial charge is 0.262 e. The molecule has 0 saturated carbocycles. The molecule has 0 unspecified atom stereocenters. The van der Waals surface area contributed by atoms with Crippen molar-refractivity contribution in [1.82, 2.24) is 15.1 Å². The lowest BCUT2D eigenvalue weighted by Gasteiger charge is -2.05. The number of hydrogen-bond acceptors (Lipinski definition) is 5. The van der Waals surface area contributed by atoms with Gasteiger partial charge in [0.2, 0.25) is 5.82 Å². The number of rotatable bonds is 3. The van der Waals surface area contributed by atoms with E-state index in [2.05, 4.69) is 15.1 Å². The van der Waals surface area contributed by atoms with Gasteiger partial charge in [-0.3, -0.25) is 0 Å². The van der Waals surface area contributed by atoms with Crippen LogP contribution in [-0.4, -0.2) is 22.2 Å². The van der Waals surface area contributed by atoms with Gasteiger partial charge in [-0.15, -0.1) is 0 Å². The summed E-state index contributed by atoms with van der Waals surface area (Å²) >= 11 is 0. The van der Waals surface area contributed by atoms with Crippen molar-refractivity contribution in [2.45, 2.75) is 0 Å². The first kappa shape index (κ1) is 11.3. The Balaban J connectivity index is 2.03. The van der Waals surface area contributed by atoms with Crippen LogP contribution in [0, 0.1) is 0 Å². The molecule has 3 aromatic rings. The fourth-order valence-corrected chi connectivity index (χ4v) is 1.80. The van der Waals surface area contributed by atoms with Crippen LogP contribution in [0.25, 0.3) is 23.0 Å². The van der Waals surface area contributed by atoms with E-state index in [4.69, 9.17) is 15.0 Å². The zero-order valence-corrected chi connectivity index (χ0v) is 10.3. The summed E-state index contributed by atoms with van der Waals surface area (Å²) < 4.78 is 10.5. The van der Waals surface area contributed by atoms with Gasteiger partial charge in [0, 0.05) is 18.0 Å². The Hall–Kier alpha value is -2.76. The number of H-pyrrole nitrogens is 1. The summed E-state index contributed by atoms with van der Waals surface area (Å²) in [4.78, 5) is 7.35. The number of methoxy groups -OCH3 is 1. The maximum absolute atomic E-state index is 5.71. The van der Waals surface area contributed by atoms with E-state index in [1.165, 1.54) is 0 Å². The van der Waals surface area contributed by atoms with Gasteiger partial charge >= 0.3 is 0 Å². The third kappa shape index (κ3) is 2.03. The van der Waals surface area contributed by atoms with Gasteiger partial charge in [-0.05, 0) is 24.3 Å². The molecule has 2 heterocycles. The zero-order valence-electron chi connectivity index (χ0n) is 10.3. The normalized spacial score (nSPS) is 10.6. The van der Waals surface area contributed by atoms with Crippen LogP contribution in [-0.2, 0) is 0 Å². The average molecular weight is 256 g/mol. The molecular formula is C13H12N4O2. The highest BCUT2D eigenvalue weighted by atomic mass is 16.5.